The molecule has 0 unspecified atom stereocenters. The van der Waals surface area contributed by atoms with Gasteiger partial charge in [0.05, 0.1) is 5.56 Å². The quantitative estimate of drug-likeness (QED) is 0.231. The molecule has 0 spiro atoms. The van der Waals surface area contributed by atoms with E-state index in [4.69, 9.17) is 5.41 Å². The molecule has 4 nitrogen and oxygen atoms in total. The van der Waals surface area contributed by atoms with E-state index in [1.54, 1.807) is 0 Å². The van der Waals surface area contributed by atoms with Crippen molar-refractivity contribution in [2.75, 3.05) is 18.0 Å². The Balaban J connectivity index is 1.42. The molecular weight excluding hydrogens is 454 g/mol. The maximum absolute atomic E-state index is 13.9. The van der Waals surface area contributed by atoms with Gasteiger partial charge in [0.1, 0.15) is 0 Å². The van der Waals surface area contributed by atoms with E-state index in [-0.39, 0.29) is 11.2 Å². The normalized spacial score (nSPS) is 17.2. The van der Waals surface area contributed by atoms with E-state index in [2.05, 4.69) is 49.7 Å². The van der Waals surface area contributed by atoms with Crippen LogP contribution in [0.15, 0.2) is 30.3 Å². The second-order valence-electron chi connectivity index (χ2n) is 11.8. The number of aryl methyl sites for hydroxylation is 1. The zero-order valence-electron chi connectivity index (χ0n) is 23.2. The molecule has 0 radical (unpaired) electrons. The molecule has 2 heterocycles. The number of nitrogens with one attached hydrogen (secondary N) is 2. The van der Waals surface area contributed by atoms with Gasteiger partial charge in [-0.3, -0.25) is 4.79 Å². The molecule has 196 valence electrons. The van der Waals surface area contributed by atoms with E-state index in [1.165, 1.54) is 68.8 Å². The Kier molecular flexibility index (Phi) is 7.29. The Hall–Kier alpha value is -2.88. The third kappa shape index (κ3) is 4.64. The maximum Gasteiger partial charge on any atom is 0.195 e. The number of fused-ring (bicyclic) bond motifs is 4. The van der Waals surface area contributed by atoms with Crippen molar-refractivity contribution in [1.29, 1.82) is 5.41 Å². The molecular formula is C33H43N3O. The molecule has 1 aliphatic heterocycles. The van der Waals surface area contributed by atoms with Gasteiger partial charge in [0, 0.05) is 52.6 Å². The fourth-order valence-electron chi connectivity index (χ4n) is 6.69. The van der Waals surface area contributed by atoms with Gasteiger partial charge in [-0.15, -0.1) is 0 Å². The molecule has 0 amide bonds. The molecule has 0 saturated carbocycles. The monoisotopic (exact) mass is 497 g/mol. The summed E-state index contributed by atoms with van der Waals surface area (Å²) in [5.74, 6) is 0.986. The SMILES string of the molecule is CCCCCCCC1CCN(c2cc3c(cc2CC)C(=O)c2c([nH]c4cc(C=N)ccc24)C3(C)C)CC1. The molecule has 2 N–H and O–H groups in total. The molecule has 0 bridgehead atoms. The van der Waals surface area contributed by atoms with Crippen LogP contribution in [0.1, 0.15) is 117 Å². The highest BCUT2D eigenvalue weighted by molar-refractivity contribution is 6.20. The average molecular weight is 498 g/mol. The molecule has 1 aliphatic carbocycles. The summed E-state index contributed by atoms with van der Waals surface area (Å²) in [7, 11) is 0. The van der Waals surface area contributed by atoms with E-state index in [9.17, 15) is 4.79 Å². The minimum atomic E-state index is -0.305. The number of H-pyrrole nitrogens is 1. The van der Waals surface area contributed by atoms with Gasteiger partial charge in [-0.1, -0.05) is 78.4 Å². The number of aromatic nitrogens is 1. The number of benzene rings is 2. The molecule has 5 rings (SSSR count). The Morgan fingerprint density at radius 1 is 1.05 bits per heavy atom. The van der Waals surface area contributed by atoms with Crippen molar-refractivity contribution >= 4 is 28.6 Å². The van der Waals surface area contributed by atoms with Crippen molar-refractivity contribution in [3.05, 3.63) is 63.8 Å². The van der Waals surface area contributed by atoms with Gasteiger partial charge in [0.2, 0.25) is 0 Å². The highest BCUT2D eigenvalue weighted by Crippen LogP contribution is 2.46. The lowest BCUT2D eigenvalue weighted by atomic mass is 9.70. The van der Waals surface area contributed by atoms with Crippen LogP contribution in [0.25, 0.3) is 10.9 Å². The number of nitrogens with zero attached hydrogens (tertiary/aromatic N) is 1. The van der Waals surface area contributed by atoms with Gasteiger partial charge < -0.3 is 15.3 Å². The van der Waals surface area contributed by atoms with Crippen LogP contribution in [0, 0.1) is 11.3 Å². The standard InChI is InChI=1S/C33H43N3O/c1-5-7-8-9-10-11-22-14-16-36(17-15-22)29-20-27-26(19-24(29)6-2)31(37)30-25-13-12-23(21-34)18-28(25)35-32(30)33(27,3)4/h12-13,18-22,34-35H,5-11,14-17H2,1-4H3. The summed E-state index contributed by atoms with van der Waals surface area (Å²) in [6.07, 6.45) is 13.1. The number of carbonyl (C=O) groups is 1. The summed E-state index contributed by atoms with van der Waals surface area (Å²) in [6.45, 7) is 11.2. The van der Waals surface area contributed by atoms with Crippen molar-refractivity contribution in [2.45, 2.75) is 90.9 Å². The van der Waals surface area contributed by atoms with Crippen LogP contribution >= 0.6 is 0 Å². The first-order valence-corrected chi connectivity index (χ1v) is 14.5. The van der Waals surface area contributed by atoms with Crippen LogP contribution in [0.3, 0.4) is 0 Å². The second-order valence-corrected chi connectivity index (χ2v) is 11.8. The number of aromatic amines is 1. The summed E-state index contributed by atoms with van der Waals surface area (Å²) in [6, 6.07) is 10.4. The molecule has 2 aliphatic rings. The van der Waals surface area contributed by atoms with Gasteiger partial charge in [-0.25, -0.2) is 0 Å². The number of carbonyl (C=O) groups excluding carboxylic acids is 1. The minimum absolute atomic E-state index is 0.126. The van der Waals surface area contributed by atoms with Crippen LogP contribution in [-0.2, 0) is 11.8 Å². The fraction of sp³-hybridized carbons (Fsp3) is 0.515. The number of rotatable bonds is 9. The third-order valence-corrected chi connectivity index (χ3v) is 9.03. The van der Waals surface area contributed by atoms with E-state index >= 15 is 0 Å². The van der Waals surface area contributed by atoms with Crippen LogP contribution in [0.4, 0.5) is 5.69 Å². The van der Waals surface area contributed by atoms with Gasteiger partial charge in [-0.2, -0.15) is 0 Å². The molecule has 1 aromatic heterocycles. The van der Waals surface area contributed by atoms with E-state index in [0.29, 0.717) is 0 Å². The first-order valence-electron chi connectivity index (χ1n) is 14.5. The summed E-state index contributed by atoms with van der Waals surface area (Å²) in [4.78, 5) is 20.1. The van der Waals surface area contributed by atoms with Crippen LogP contribution in [0.2, 0.25) is 0 Å². The lowest BCUT2D eigenvalue weighted by Gasteiger charge is -2.38. The van der Waals surface area contributed by atoms with Gasteiger partial charge in [0.15, 0.2) is 5.78 Å². The zero-order chi connectivity index (χ0) is 26.2. The van der Waals surface area contributed by atoms with Gasteiger partial charge >= 0.3 is 0 Å². The minimum Gasteiger partial charge on any atom is -0.371 e. The molecule has 4 heteroatoms. The molecule has 1 fully saturated rings. The first kappa shape index (κ1) is 25.8. The lowest BCUT2D eigenvalue weighted by Crippen LogP contribution is -2.36. The van der Waals surface area contributed by atoms with Crippen LogP contribution in [-0.4, -0.2) is 30.1 Å². The Labute approximate surface area is 222 Å². The first-order chi connectivity index (χ1) is 17.9. The fourth-order valence-corrected chi connectivity index (χ4v) is 6.69. The number of ketones is 1. The molecule has 37 heavy (non-hydrogen) atoms. The zero-order valence-corrected chi connectivity index (χ0v) is 23.2. The van der Waals surface area contributed by atoms with Gasteiger partial charge in [0.25, 0.3) is 0 Å². The number of hydrogen-bond acceptors (Lipinski definition) is 3. The predicted octanol–water partition coefficient (Wildman–Crippen LogP) is 8.18. The number of anilines is 1. The van der Waals surface area contributed by atoms with E-state index < -0.39 is 0 Å². The highest BCUT2D eigenvalue weighted by Gasteiger charge is 2.40. The Morgan fingerprint density at radius 2 is 1.81 bits per heavy atom. The van der Waals surface area contributed by atoms with Gasteiger partial charge in [-0.05, 0) is 60.1 Å². The average Bonchev–Trinajstić information content (AvgIpc) is 3.31. The smallest absolute Gasteiger partial charge is 0.195 e. The van der Waals surface area contributed by atoms with E-state index in [0.717, 1.165) is 64.3 Å². The van der Waals surface area contributed by atoms with Crippen LogP contribution in [0.5, 0.6) is 0 Å². The van der Waals surface area contributed by atoms with Crippen molar-refractivity contribution < 1.29 is 4.79 Å². The van der Waals surface area contributed by atoms with E-state index in [1.807, 2.05) is 18.2 Å². The lowest BCUT2D eigenvalue weighted by molar-refractivity contribution is 0.103. The highest BCUT2D eigenvalue weighted by atomic mass is 16.1. The number of hydrogen-bond donors (Lipinski definition) is 2. The molecule has 2 aromatic carbocycles. The summed E-state index contributed by atoms with van der Waals surface area (Å²) >= 11 is 0. The third-order valence-electron chi connectivity index (χ3n) is 9.03. The maximum atomic E-state index is 13.9. The molecule has 1 saturated heterocycles. The summed E-state index contributed by atoms with van der Waals surface area (Å²) in [5.41, 5.74) is 7.88. The summed E-state index contributed by atoms with van der Waals surface area (Å²) in [5, 5.41) is 8.59. The Bertz CT molecular complexity index is 1310. The van der Waals surface area contributed by atoms with Crippen molar-refractivity contribution in [1.82, 2.24) is 4.98 Å². The van der Waals surface area contributed by atoms with Crippen molar-refractivity contribution in [3.63, 3.8) is 0 Å². The second kappa shape index (κ2) is 10.5. The number of piperidine rings is 1. The van der Waals surface area contributed by atoms with Crippen LogP contribution < -0.4 is 4.90 Å². The molecule has 3 aromatic rings. The topological polar surface area (TPSA) is 60.0 Å². The Morgan fingerprint density at radius 3 is 2.51 bits per heavy atom. The van der Waals surface area contributed by atoms with Crippen molar-refractivity contribution in [2.24, 2.45) is 5.92 Å². The number of unbranched alkanes of at least 4 members (excludes halogenated alkanes) is 4. The largest absolute Gasteiger partial charge is 0.371 e. The summed E-state index contributed by atoms with van der Waals surface area (Å²) < 4.78 is 0. The predicted molar refractivity (Wildman–Crippen MR) is 156 cm³/mol. The van der Waals surface area contributed by atoms with Crippen molar-refractivity contribution in [3.8, 4) is 0 Å². The molecule has 0 atom stereocenters.